The molecule has 2 heteroatoms. The number of benzene rings is 2. The minimum atomic E-state index is 0.686. The monoisotopic (exact) mass is 351 g/mol. The fraction of sp³-hybridized carbons (Fsp3) is 0.500. The number of methoxy groups -OCH3 is 1. The van der Waals surface area contributed by atoms with Gasteiger partial charge in [-0.25, -0.2) is 0 Å². The van der Waals surface area contributed by atoms with E-state index < -0.39 is 0 Å². The quantitative estimate of drug-likeness (QED) is 0.619. The highest BCUT2D eigenvalue weighted by atomic mass is 16.5. The molecule has 2 aromatic rings. The van der Waals surface area contributed by atoms with Gasteiger partial charge in [-0.1, -0.05) is 49.8 Å². The van der Waals surface area contributed by atoms with Crippen molar-refractivity contribution < 1.29 is 4.74 Å². The first kappa shape index (κ1) is 19.0. The van der Waals surface area contributed by atoms with E-state index >= 15 is 0 Å². The maximum absolute atomic E-state index is 5.33. The summed E-state index contributed by atoms with van der Waals surface area (Å²) in [6.45, 7) is 9.26. The number of nitrogens with zero attached hydrogens (tertiary/aromatic N) is 1. The van der Waals surface area contributed by atoms with E-state index in [-0.39, 0.29) is 0 Å². The average molecular weight is 352 g/mol. The molecule has 1 aliphatic heterocycles. The highest BCUT2D eigenvalue weighted by molar-refractivity contribution is 5.84. The summed E-state index contributed by atoms with van der Waals surface area (Å²) in [5.74, 6) is 2.45. The zero-order chi connectivity index (χ0) is 18.5. The third-order valence-corrected chi connectivity index (χ3v) is 6.12. The Morgan fingerprint density at radius 3 is 2.65 bits per heavy atom. The lowest BCUT2D eigenvalue weighted by atomic mass is 9.82. The van der Waals surface area contributed by atoms with Crippen molar-refractivity contribution in [2.45, 2.75) is 46.1 Å². The molecule has 0 saturated carbocycles. The second kappa shape index (κ2) is 8.73. The summed E-state index contributed by atoms with van der Waals surface area (Å²) in [7, 11) is 1.72. The zero-order valence-corrected chi connectivity index (χ0v) is 16.7. The number of rotatable bonds is 6. The van der Waals surface area contributed by atoms with Crippen LogP contribution in [0.5, 0.6) is 5.75 Å². The Hall–Kier alpha value is -1.80. The molecule has 26 heavy (non-hydrogen) atoms. The van der Waals surface area contributed by atoms with E-state index in [0.717, 1.165) is 24.6 Å². The minimum absolute atomic E-state index is 0.686. The van der Waals surface area contributed by atoms with Crippen LogP contribution in [0.15, 0.2) is 48.6 Å². The smallest absolute Gasteiger partial charge is 0.119 e. The van der Waals surface area contributed by atoms with Gasteiger partial charge in [0.2, 0.25) is 0 Å². The Balaban J connectivity index is 1.69. The summed E-state index contributed by atoms with van der Waals surface area (Å²) in [4.78, 5) is 2.71. The van der Waals surface area contributed by atoms with Gasteiger partial charge in [-0.3, -0.25) is 4.90 Å². The topological polar surface area (TPSA) is 12.5 Å². The average Bonchev–Trinajstić information content (AvgIpc) is 2.67. The molecule has 1 fully saturated rings. The Morgan fingerprint density at radius 2 is 1.92 bits per heavy atom. The van der Waals surface area contributed by atoms with E-state index in [1.165, 1.54) is 35.7 Å². The third-order valence-electron chi connectivity index (χ3n) is 6.12. The summed E-state index contributed by atoms with van der Waals surface area (Å²) in [6.07, 6.45) is 8.37. The van der Waals surface area contributed by atoms with Crippen LogP contribution in [0.2, 0.25) is 0 Å². The van der Waals surface area contributed by atoms with Crippen LogP contribution in [0, 0.1) is 11.8 Å². The summed E-state index contributed by atoms with van der Waals surface area (Å²) in [5.41, 5.74) is 1.43. The fourth-order valence-electron chi connectivity index (χ4n) is 4.47. The Labute approximate surface area is 158 Å². The molecule has 0 N–H and O–H groups in total. The molecule has 0 aliphatic carbocycles. The van der Waals surface area contributed by atoms with Crippen molar-refractivity contribution in [1.29, 1.82) is 0 Å². The lowest BCUT2D eigenvalue weighted by molar-refractivity contribution is 0.0795. The van der Waals surface area contributed by atoms with E-state index in [2.05, 4.69) is 68.2 Å². The molecular formula is C24H33NO. The van der Waals surface area contributed by atoms with E-state index in [1.54, 1.807) is 7.11 Å². The van der Waals surface area contributed by atoms with Crippen LogP contribution in [-0.4, -0.2) is 31.1 Å². The second-order valence-electron chi connectivity index (χ2n) is 7.72. The number of allylic oxidation sites excluding steroid dienone is 1. The van der Waals surface area contributed by atoms with Gasteiger partial charge in [0.15, 0.2) is 0 Å². The van der Waals surface area contributed by atoms with Gasteiger partial charge in [0, 0.05) is 19.1 Å². The summed E-state index contributed by atoms with van der Waals surface area (Å²) in [5, 5.41) is 2.55. The molecule has 3 atom stereocenters. The molecule has 0 aromatic heterocycles. The van der Waals surface area contributed by atoms with Gasteiger partial charge in [-0.2, -0.15) is 0 Å². The predicted molar refractivity (Wildman–Crippen MR) is 112 cm³/mol. The van der Waals surface area contributed by atoms with Gasteiger partial charge in [0.05, 0.1) is 7.11 Å². The molecule has 0 spiro atoms. The number of fused-ring (bicyclic) bond motifs is 1. The van der Waals surface area contributed by atoms with Crippen LogP contribution in [0.4, 0.5) is 0 Å². The third kappa shape index (κ3) is 4.29. The van der Waals surface area contributed by atoms with Gasteiger partial charge in [0.25, 0.3) is 0 Å². The van der Waals surface area contributed by atoms with Crippen LogP contribution in [0.25, 0.3) is 10.8 Å². The lowest BCUT2D eigenvalue weighted by Gasteiger charge is -2.42. The van der Waals surface area contributed by atoms with E-state index in [1.807, 2.05) is 6.07 Å². The summed E-state index contributed by atoms with van der Waals surface area (Å²) < 4.78 is 5.33. The molecule has 0 bridgehead atoms. The second-order valence-corrected chi connectivity index (χ2v) is 7.72. The van der Waals surface area contributed by atoms with Crippen LogP contribution in [0.1, 0.15) is 39.2 Å². The van der Waals surface area contributed by atoms with Crippen LogP contribution in [0.3, 0.4) is 0 Å². The molecule has 2 aromatic carbocycles. The maximum atomic E-state index is 5.33. The maximum Gasteiger partial charge on any atom is 0.119 e. The minimum Gasteiger partial charge on any atom is -0.497 e. The van der Waals surface area contributed by atoms with Crippen molar-refractivity contribution in [3.05, 3.63) is 54.1 Å². The fourth-order valence-corrected chi connectivity index (χ4v) is 4.47. The molecule has 2 nitrogen and oxygen atoms in total. The molecule has 0 amide bonds. The first-order valence-electron chi connectivity index (χ1n) is 10.1. The number of hydrogen-bond acceptors (Lipinski definition) is 2. The molecule has 3 unspecified atom stereocenters. The predicted octanol–water partition coefficient (Wildman–Crippen LogP) is 5.70. The van der Waals surface area contributed by atoms with Crippen molar-refractivity contribution in [2.75, 3.05) is 20.2 Å². The van der Waals surface area contributed by atoms with Crippen molar-refractivity contribution in [3.63, 3.8) is 0 Å². The Kier molecular flexibility index (Phi) is 6.37. The van der Waals surface area contributed by atoms with Crippen LogP contribution < -0.4 is 4.74 Å². The van der Waals surface area contributed by atoms with Crippen molar-refractivity contribution in [2.24, 2.45) is 11.8 Å². The molecule has 1 aliphatic rings. The van der Waals surface area contributed by atoms with Crippen molar-refractivity contribution >= 4 is 10.8 Å². The Morgan fingerprint density at radius 1 is 1.15 bits per heavy atom. The summed E-state index contributed by atoms with van der Waals surface area (Å²) in [6, 6.07) is 13.8. The molecule has 3 rings (SSSR count). The molecular weight excluding hydrogens is 318 g/mol. The molecule has 140 valence electrons. The van der Waals surface area contributed by atoms with Crippen molar-refractivity contribution in [1.82, 2.24) is 4.90 Å². The van der Waals surface area contributed by atoms with Gasteiger partial charge in [0.1, 0.15) is 5.75 Å². The first-order chi connectivity index (χ1) is 12.6. The first-order valence-corrected chi connectivity index (χ1v) is 10.1. The van der Waals surface area contributed by atoms with E-state index in [9.17, 15) is 0 Å². The van der Waals surface area contributed by atoms with Crippen LogP contribution in [-0.2, 0) is 6.42 Å². The largest absolute Gasteiger partial charge is 0.497 e. The SMILES string of the molecule is C/C=C\C1CC(CC)C(C)N(CCc2ccc3cc(OC)ccc3c2)C1. The van der Waals surface area contributed by atoms with E-state index in [0.29, 0.717) is 12.0 Å². The number of piperidine rings is 1. The Bertz CT molecular complexity index is 751. The van der Waals surface area contributed by atoms with Gasteiger partial charge in [-0.15, -0.1) is 0 Å². The van der Waals surface area contributed by atoms with Crippen molar-refractivity contribution in [3.8, 4) is 5.75 Å². The number of likely N-dealkylation sites (tertiary alicyclic amines) is 1. The normalized spacial score (nSPS) is 24.4. The zero-order valence-electron chi connectivity index (χ0n) is 16.7. The number of ether oxygens (including phenoxy) is 1. The van der Waals surface area contributed by atoms with Gasteiger partial charge < -0.3 is 4.74 Å². The van der Waals surface area contributed by atoms with Gasteiger partial charge >= 0.3 is 0 Å². The standard InChI is InChI=1S/C24H33NO/c1-5-7-20-15-21(6-2)18(3)25(17-20)13-12-19-8-9-23-16-24(26-4)11-10-22(23)14-19/h5,7-11,14,16,18,20-21H,6,12-13,15,17H2,1-4H3/b7-5-. The van der Waals surface area contributed by atoms with Crippen LogP contribution >= 0.6 is 0 Å². The van der Waals surface area contributed by atoms with Gasteiger partial charge in [-0.05, 0) is 67.0 Å². The molecule has 0 radical (unpaired) electrons. The molecule has 1 saturated heterocycles. The highest BCUT2D eigenvalue weighted by Crippen LogP contribution is 2.31. The number of hydrogen-bond donors (Lipinski definition) is 0. The van der Waals surface area contributed by atoms with E-state index in [4.69, 9.17) is 4.74 Å². The molecule has 1 heterocycles. The lowest BCUT2D eigenvalue weighted by Crippen LogP contribution is -2.47. The highest BCUT2D eigenvalue weighted by Gasteiger charge is 2.30. The summed E-state index contributed by atoms with van der Waals surface area (Å²) >= 11 is 0.